The molecule has 1 aromatic rings. The van der Waals surface area contributed by atoms with Gasteiger partial charge < -0.3 is 10.2 Å². The van der Waals surface area contributed by atoms with Crippen LogP contribution in [0.15, 0.2) is 17.0 Å². The van der Waals surface area contributed by atoms with E-state index in [1.54, 1.807) is 11.8 Å². The first-order valence-corrected chi connectivity index (χ1v) is 9.61. The van der Waals surface area contributed by atoms with Crippen LogP contribution >= 0.6 is 11.8 Å². The zero-order valence-electron chi connectivity index (χ0n) is 15.4. The third-order valence-corrected chi connectivity index (χ3v) is 6.02. The van der Waals surface area contributed by atoms with Crippen LogP contribution in [0.5, 0.6) is 5.75 Å². The summed E-state index contributed by atoms with van der Waals surface area (Å²) < 4.78 is 0. The van der Waals surface area contributed by atoms with E-state index < -0.39 is 0 Å². The van der Waals surface area contributed by atoms with E-state index in [2.05, 4.69) is 53.7 Å². The number of aliphatic hydroxyl groups is 1. The molecular weight excluding hydrogens is 304 g/mol. The molecule has 3 heteroatoms. The van der Waals surface area contributed by atoms with Gasteiger partial charge in [-0.2, -0.15) is 0 Å². The summed E-state index contributed by atoms with van der Waals surface area (Å²) >= 11 is 1.78. The minimum Gasteiger partial charge on any atom is -0.507 e. The summed E-state index contributed by atoms with van der Waals surface area (Å²) in [5.41, 5.74) is 1.79. The van der Waals surface area contributed by atoms with Gasteiger partial charge in [-0.15, -0.1) is 11.8 Å². The monoisotopic (exact) mass is 336 g/mol. The van der Waals surface area contributed by atoms with Crippen LogP contribution in [0.2, 0.25) is 0 Å². The Morgan fingerprint density at radius 1 is 0.913 bits per heavy atom. The van der Waals surface area contributed by atoms with Crippen molar-refractivity contribution < 1.29 is 10.2 Å². The normalized spacial score (nSPS) is 23.1. The predicted molar refractivity (Wildman–Crippen MR) is 99.6 cm³/mol. The number of aromatic hydroxyl groups is 1. The molecule has 1 aliphatic carbocycles. The maximum Gasteiger partial charge on any atom is 0.123 e. The van der Waals surface area contributed by atoms with Gasteiger partial charge >= 0.3 is 0 Å². The number of phenols is 1. The fourth-order valence-corrected chi connectivity index (χ4v) is 4.51. The van der Waals surface area contributed by atoms with Crippen molar-refractivity contribution in [2.24, 2.45) is 0 Å². The van der Waals surface area contributed by atoms with Crippen molar-refractivity contribution in [3.05, 3.63) is 23.3 Å². The van der Waals surface area contributed by atoms with Crippen LogP contribution in [0.4, 0.5) is 0 Å². The van der Waals surface area contributed by atoms with E-state index in [4.69, 9.17) is 0 Å². The maximum atomic E-state index is 10.8. The van der Waals surface area contributed by atoms with Gasteiger partial charge in [0.2, 0.25) is 0 Å². The molecule has 2 unspecified atom stereocenters. The van der Waals surface area contributed by atoms with Gasteiger partial charge in [0.15, 0.2) is 0 Å². The first-order valence-electron chi connectivity index (χ1n) is 8.73. The SMILES string of the molecule is CC(C)(C)c1cc(SC2CCCCC2O)cc(C(C)(C)C)c1O. The molecule has 23 heavy (non-hydrogen) atoms. The number of benzene rings is 1. The number of aliphatic hydroxyl groups excluding tert-OH is 1. The third-order valence-electron chi connectivity index (χ3n) is 4.65. The van der Waals surface area contributed by atoms with Gasteiger partial charge in [0, 0.05) is 21.3 Å². The number of hydrogen-bond donors (Lipinski definition) is 2. The summed E-state index contributed by atoms with van der Waals surface area (Å²) in [7, 11) is 0. The van der Waals surface area contributed by atoms with Crippen molar-refractivity contribution in [1.82, 2.24) is 0 Å². The fraction of sp³-hybridized carbons (Fsp3) is 0.700. The summed E-state index contributed by atoms with van der Waals surface area (Å²) in [6.07, 6.45) is 4.11. The van der Waals surface area contributed by atoms with Crippen LogP contribution in [0.1, 0.15) is 78.4 Å². The maximum absolute atomic E-state index is 10.8. The summed E-state index contributed by atoms with van der Waals surface area (Å²) in [6, 6.07) is 4.24. The van der Waals surface area contributed by atoms with Crippen LogP contribution in [0.25, 0.3) is 0 Å². The molecule has 1 aliphatic rings. The van der Waals surface area contributed by atoms with E-state index in [1.165, 1.54) is 11.3 Å². The minimum atomic E-state index is -0.210. The highest BCUT2D eigenvalue weighted by atomic mass is 32.2. The topological polar surface area (TPSA) is 40.5 Å². The van der Waals surface area contributed by atoms with Crippen LogP contribution in [0.3, 0.4) is 0 Å². The highest BCUT2D eigenvalue weighted by molar-refractivity contribution is 8.00. The Labute approximate surface area is 145 Å². The molecule has 1 aromatic carbocycles. The molecule has 0 amide bonds. The fourth-order valence-electron chi connectivity index (χ4n) is 3.21. The molecule has 0 saturated heterocycles. The van der Waals surface area contributed by atoms with Gasteiger partial charge in [0.1, 0.15) is 5.75 Å². The van der Waals surface area contributed by atoms with Gasteiger partial charge in [-0.1, -0.05) is 54.4 Å². The summed E-state index contributed by atoms with van der Waals surface area (Å²) in [5.74, 6) is 0.429. The van der Waals surface area contributed by atoms with E-state index in [-0.39, 0.29) is 22.2 Å². The van der Waals surface area contributed by atoms with Gasteiger partial charge in [0.25, 0.3) is 0 Å². The molecule has 0 radical (unpaired) electrons. The van der Waals surface area contributed by atoms with Crippen LogP contribution in [-0.4, -0.2) is 21.6 Å². The molecule has 0 spiro atoms. The molecule has 0 bridgehead atoms. The largest absolute Gasteiger partial charge is 0.507 e. The standard InChI is InChI=1S/C20H32O2S/c1-19(2,3)14-11-13(12-15(18(14)22)20(4,5)6)23-17-10-8-7-9-16(17)21/h11-12,16-17,21-22H,7-10H2,1-6H3. The Hall–Kier alpha value is -0.670. The van der Waals surface area contributed by atoms with Gasteiger partial charge in [-0.25, -0.2) is 0 Å². The van der Waals surface area contributed by atoms with E-state index in [0.717, 1.165) is 30.4 Å². The van der Waals surface area contributed by atoms with E-state index in [0.29, 0.717) is 5.75 Å². The zero-order chi connectivity index (χ0) is 17.4. The summed E-state index contributed by atoms with van der Waals surface area (Å²) in [4.78, 5) is 1.17. The van der Waals surface area contributed by atoms with Crippen molar-refractivity contribution in [3.63, 3.8) is 0 Å². The second-order valence-electron chi connectivity index (χ2n) is 8.88. The summed E-state index contributed by atoms with van der Waals surface area (Å²) in [6.45, 7) is 12.8. The lowest BCUT2D eigenvalue weighted by atomic mass is 9.79. The van der Waals surface area contributed by atoms with Crippen molar-refractivity contribution in [2.45, 2.75) is 94.3 Å². The van der Waals surface area contributed by atoms with E-state index in [1.807, 2.05) is 0 Å². The Morgan fingerprint density at radius 3 is 1.83 bits per heavy atom. The summed E-state index contributed by atoms with van der Waals surface area (Å²) in [5, 5.41) is 21.3. The Kier molecular flexibility index (Phi) is 5.42. The van der Waals surface area contributed by atoms with Crippen molar-refractivity contribution in [3.8, 4) is 5.75 Å². The first kappa shape index (κ1) is 18.7. The molecule has 0 aromatic heterocycles. The lowest BCUT2D eigenvalue weighted by Crippen LogP contribution is -2.26. The molecule has 2 nitrogen and oxygen atoms in total. The molecular formula is C20H32O2S. The number of hydrogen-bond acceptors (Lipinski definition) is 3. The lowest BCUT2D eigenvalue weighted by molar-refractivity contribution is 0.137. The highest BCUT2D eigenvalue weighted by Gasteiger charge is 2.29. The molecule has 2 N–H and O–H groups in total. The van der Waals surface area contributed by atoms with E-state index >= 15 is 0 Å². The molecule has 130 valence electrons. The second kappa shape index (κ2) is 6.68. The Morgan fingerprint density at radius 2 is 1.39 bits per heavy atom. The van der Waals surface area contributed by atoms with Gasteiger partial charge in [0.05, 0.1) is 6.10 Å². The average molecular weight is 337 g/mol. The van der Waals surface area contributed by atoms with Crippen LogP contribution < -0.4 is 0 Å². The first-order chi connectivity index (χ1) is 10.5. The molecule has 0 aliphatic heterocycles. The zero-order valence-corrected chi connectivity index (χ0v) is 16.3. The predicted octanol–water partition coefficient (Wildman–Crippen LogP) is 5.38. The van der Waals surface area contributed by atoms with Crippen molar-refractivity contribution in [1.29, 1.82) is 0 Å². The molecule has 1 saturated carbocycles. The Bertz CT molecular complexity index is 517. The molecule has 2 atom stereocenters. The van der Waals surface area contributed by atoms with Gasteiger partial charge in [-0.05, 0) is 35.8 Å². The highest BCUT2D eigenvalue weighted by Crippen LogP contribution is 2.43. The van der Waals surface area contributed by atoms with Gasteiger partial charge in [-0.3, -0.25) is 0 Å². The number of phenolic OH excluding ortho intramolecular Hbond substituents is 1. The molecule has 1 fully saturated rings. The molecule has 2 rings (SSSR count). The lowest BCUT2D eigenvalue weighted by Gasteiger charge is -2.30. The Balaban J connectivity index is 2.43. The third kappa shape index (κ3) is 4.45. The van der Waals surface area contributed by atoms with E-state index in [9.17, 15) is 10.2 Å². The minimum absolute atomic E-state index is 0.105. The number of rotatable bonds is 2. The average Bonchev–Trinajstić information content (AvgIpc) is 2.40. The van der Waals surface area contributed by atoms with Crippen molar-refractivity contribution >= 4 is 11.8 Å². The van der Waals surface area contributed by atoms with Crippen LogP contribution in [-0.2, 0) is 10.8 Å². The van der Waals surface area contributed by atoms with Crippen LogP contribution in [0, 0.1) is 0 Å². The van der Waals surface area contributed by atoms with Crippen molar-refractivity contribution in [2.75, 3.05) is 0 Å². The molecule has 0 heterocycles. The quantitative estimate of drug-likeness (QED) is 0.761. The second-order valence-corrected chi connectivity index (χ2v) is 10.2. The smallest absolute Gasteiger partial charge is 0.123 e. The number of thioether (sulfide) groups is 1.